The fraction of sp³-hybridized carbons (Fsp3) is 0.0588. The number of hydrogen-bond acceptors (Lipinski definition) is 3. The Labute approximate surface area is 127 Å². The van der Waals surface area contributed by atoms with Gasteiger partial charge in [-0.2, -0.15) is 0 Å². The SMILES string of the molecule is CC(=O)c1ccc(OC(=O)C=Cc2ccccc2Cl)cc1. The molecule has 21 heavy (non-hydrogen) atoms. The van der Waals surface area contributed by atoms with Gasteiger partial charge in [0.25, 0.3) is 0 Å². The number of Topliss-reactive ketones (excluding diaryl/α,β-unsaturated/α-hetero) is 1. The molecule has 0 atom stereocenters. The van der Waals surface area contributed by atoms with Crippen LogP contribution in [0.15, 0.2) is 54.6 Å². The predicted octanol–water partition coefficient (Wildman–Crippen LogP) is 4.16. The molecule has 0 aliphatic carbocycles. The van der Waals surface area contributed by atoms with Gasteiger partial charge < -0.3 is 4.74 Å². The second-order valence-corrected chi connectivity index (χ2v) is 4.76. The molecule has 0 fully saturated rings. The number of halogens is 1. The Bertz CT molecular complexity index is 687. The van der Waals surface area contributed by atoms with E-state index in [0.717, 1.165) is 5.56 Å². The van der Waals surface area contributed by atoms with Crippen molar-refractivity contribution in [1.29, 1.82) is 0 Å². The maximum absolute atomic E-state index is 11.7. The Balaban J connectivity index is 2.02. The van der Waals surface area contributed by atoms with Crippen molar-refractivity contribution < 1.29 is 14.3 Å². The lowest BCUT2D eigenvalue weighted by Crippen LogP contribution is -2.04. The molecule has 0 bridgehead atoms. The Morgan fingerprint density at radius 3 is 2.33 bits per heavy atom. The van der Waals surface area contributed by atoms with Crippen LogP contribution in [0.5, 0.6) is 5.75 Å². The van der Waals surface area contributed by atoms with Gasteiger partial charge in [0.15, 0.2) is 5.78 Å². The van der Waals surface area contributed by atoms with E-state index in [4.69, 9.17) is 16.3 Å². The summed E-state index contributed by atoms with van der Waals surface area (Å²) in [7, 11) is 0. The molecule has 3 nitrogen and oxygen atoms in total. The Morgan fingerprint density at radius 1 is 1.05 bits per heavy atom. The van der Waals surface area contributed by atoms with Crippen molar-refractivity contribution in [2.75, 3.05) is 0 Å². The van der Waals surface area contributed by atoms with E-state index in [9.17, 15) is 9.59 Å². The van der Waals surface area contributed by atoms with Gasteiger partial charge in [-0.05, 0) is 48.9 Å². The Kier molecular flexibility index (Phi) is 4.90. The normalized spacial score (nSPS) is 10.6. The highest BCUT2D eigenvalue weighted by Crippen LogP contribution is 2.17. The largest absolute Gasteiger partial charge is 0.423 e. The third-order valence-electron chi connectivity index (χ3n) is 2.78. The molecule has 4 heteroatoms. The average Bonchev–Trinajstić information content (AvgIpc) is 2.47. The summed E-state index contributed by atoms with van der Waals surface area (Å²) in [5, 5.41) is 0.562. The highest BCUT2D eigenvalue weighted by Gasteiger charge is 2.03. The number of ketones is 1. The van der Waals surface area contributed by atoms with Crippen molar-refractivity contribution >= 4 is 29.4 Å². The second kappa shape index (κ2) is 6.86. The number of hydrogen-bond donors (Lipinski definition) is 0. The van der Waals surface area contributed by atoms with Crippen LogP contribution in [-0.2, 0) is 4.79 Å². The average molecular weight is 301 g/mol. The zero-order valence-electron chi connectivity index (χ0n) is 11.4. The molecular formula is C17H13ClO3. The van der Waals surface area contributed by atoms with E-state index in [1.54, 1.807) is 42.5 Å². The molecule has 0 spiro atoms. The van der Waals surface area contributed by atoms with Crippen molar-refractivity contribution in [1.82, 2.24) is 0 Å². The second-order valence-electron chi connectivity index (χ2n) is 4.36. The molecule has 0 aromatic heterocycles. The molecule has 0 aliphatic heterocycles. The number of benzene rings is 2. The first-order valence-corrected chi connectivity index (χ1v) is 6.69. The van der Waals surface area contributed by atoms with Crippen molar-refractivity contribution in [3.05, 3.63) is 70.8 Å². The summed E-state index contributed by atoms with van der Waals surface area (Å²) in [5.74, 6) is -0.161. The Hall–Kier alpha value is -2.39. The first-order chi connectivity index (χ1) is 10.1. The maximum Gasteiger partial charge on any atom is 0.336 e. The van der Waals surface area contributed by atoms with Crippen LogP contribution < -0.4 is 4.74 Å². The van der Waals surface area contributed by atoms with Crippen molar-refractivity contribution in [3.8, 4) is 5.75 Å². The summed E-state index contributed by atoms with van der Waals surface area (Å²) < 4.78 is 5.13. The lowest BCUT2D eigenvalue weighted by molar-refractivity contribution is -0.128. The van der Waals surface area contributed by atoms with E-state index in [-0.39, 0.29) is 5.78 Å². The van der Waals surface area contributed by atoms with Crippen molar-refractivity contribution in [3.63, 3.8) is 0 Å². The predicted molar refractivity (Wildman–Crippen MR) is 82.6 cm³/mol. The van der Waals surface area contributed by atoms with Gasteiger partial charge in [-0.1, -0.05) is 29.8 Å². The highest BCUT2D eigenvalue weighted by molar-refractivity contribution is 6.32. The van der Waals surface area contributed by atoms with Crippen LogP contribution in [0.4, 0.5) is 0 Å². The molecule has 0 N–H and O–H groups in total. The van der Waals surface area contributed by atoms with E-state index < -0.39 is 5.97 Å². The summed E-state index contributed by atoms with van der Waals surface area (Å²) in [5.41, 5.74) is 1.31. The van der Waals surface area contributed by atoms with E-state index in [1.165, 1.54) is 13.0 Å². The van der Waals surface area contributed by atoms with Crippen molar-refractivity contribution in [2.45, 2.75) is 6.92 Å². The minimum Gasteiger partial charge on any atom is -0.423 e. The fourth-order valence-corrected chi connectivity index (χ4v) is 1.87. The van der Waals surface area contributed by atoms with Crippen LogP contribution in [0, 0.1) is 0 Å². The minimum absolute atomic E-state index is 0.0357. The van der Waals surface area contributed by atoms with Gasteiger partial charge >= 0.3 is 5.97 Å². The molecule has 2 rings (SSSR count). The van der Waals surface area contributed by atoms with Crippen molar-refractivity contribution in [2.24, 2.45) is 0 Å². The molecule has 0 saturated heterocycles. The zero-order valence-corrected chi connectivity index (χ0v) is 12.1. The van der Waals surface area contributed by atoms with Crippen LogP contribution in [0.2, 0.25) is 5.02 Å². The molecule has 0 amide bonds. The molecule has 2 aromatic rings. The first-order valence-electron chi connectivity index (χ1n) is 6.31. The van der Waals surface area contributed by atoms with Gasteiger partial charge in [-0.25, -0.2) is 4.79 Å². The maximum atomic E-state index is 11.7. The lowest BCUT2D eigenvalue weighted by Gasteiger charge is -2.02. The zero-order chi connectivity index (χ0) is 15.2. The van der Waals surface area contributed by atoms with Crippen LogP contribution in [0.1, 0.15) is 22.8 Å². The monoisotopic (exact) mass is 300 g/mol. The molecule has 0 aliphatic rings. The van der Waals surface area contributed by atoms with Gasteiger partial charge in [0.05, 0.1) is 0 Å². The molecular weight excluding hydrogens is 288 g/mol. The van der Waals surface area contributed by atoms with E-state index in [0.29, 0.717) is 16.3 Å². The van der Waals surface area contributed by atoms with Crippen LogP contribution in [0.3, 0.4) is 0 Å². The number of rotatable bonds is 4. The van der Waals surface area contributed by atoms with E-state index in [1.807, 2.05) is 12.1 Å². The third kappa shape index (κ3) is 4.29. The van der Waals surface area contributed by atoms with E-state index >= 15 is 0 Å². The minimum atomic E-state index is -0.509. The summed E-state index contributed by atoms with van der Waals surface area (Å²) in [6, 6.07) is 13.6. The summed E-state index contributed by atoms with van der Waals surface area (Å²) in [4.78, 5) is 22.8. The first kappa shape index (κ1) is 15.0. The number of carbonyl (C=O) groups excluding carboxylic acids is 2. The summed E-state index contributed by atoms with van der Waals surface area (Å²) >= 11 is 5.98. The molecule has 2 aromatic carbocycles. The van der Waals surface area contributed by atoms with E-state index in [2.05, 4.69) is 0 Å². The van der Waals surface area contributed by atoms with Gasteiger partial charge in [0, 0.05) is 16.7 Å². The number of ether oxygens (including phenoxy) is 1. The fourth-order valence-electron chi connectivity index (χ4n) is 1.68. The van der Waals surface area contributed by atoms with Gasteiger partial charge in [0.2, 0.25) is 0 Å². The van der Waals surface area contributed by atoms with Crippen LogP contribution in [-0.4, -0.2) is 11.8 Å². The number of carbonyl (C=O) groups is 2. The standard InChI is InChI=1S/C17H13ClO3/c1-12(19)13-6-9-15(10-7-13)21-17(20)11-8-14-4-2-3-5-16(14)18/h2-11H,1H3. The quantitative estimate of drug-likeness (QED) is 0.368. The lowest BCUT2D eigenvalue weighted by atomic mass is 10.1. The molecule has 0 saturated carbocycles. The summed E-state index contributed by atoms with van der Waals surface area (Å²) in [6.07, 6.45) is 2.90. The number of esters is 1. The van der Waals surface area contributed by atoms with Crippen LogP contribution >= 0.6 is 11.6 Å². The van der Waals surface area contributed by atoms with Gasteiger partial charge in [-0.3, -0.25) is 4.79 Å². The van der Waals surface area contributed by atoms with Crippen LogP contribution in [0.25, 0.3) is 6.08 Å². The molecule has 0 unspecified atom stereocenters. The molecule has 0 radical (unpaired) electrons. The smallest absolute Gasteiger partial charge is 0.336 e. The Morgan fingerprint density at radius 2 is 1.71 bits per heavy atom. The van der Waals surface area contributed by atoms with Gasteiger partial charge in [-0.15, -0.1) is 0 Å². The highest BCUT2D eigenvalue weighted by atomic mass is 35.5. The topological polar surface area (TPSA) is 43.4 Å². The molecule has 0 heterocycles. The third-order valence-corrected chi connectivity index (χ3v) is 3.13. The summed E-state index contributed by atoms with van der Waals surface area (Å²) in [6.45, 7) is 1.48. The molecule has 106 valence electrons. The van der Waals surface area contributed by atoms with Gasteiger partial charge in [0.1, 0.15) is 5.75 Å².